The molecule has 0 spiro atoms. The molecule has 5 aliphatic rings. The highest BCUT2D eigenvalue weighted by Gasteiger charge is 2.42. The van der Waals surface area contributed by atoms with Crippen molar-refractivity contribution in [1.29, 1.82) is 0 Å². The van der Waals surface area contributed by atoms with Gasteiger partial charge >= 0.3 is 23.7 Å². The van der Waals surface area contributed by atoms with Crippen molar-refractivity contribution in [3.8, 4) is 0 Å². The first kappa shape index (κ1) is 66.4. The van der Waals surface area contributed by atoms with Crippen LogP contribution in [0.5, 0.6) is 0 Å². The van der Waals surface area contributed by atoms with Crippen LogP contribution in [0.1, 0.15) is 97.8 Å². The molecule has 26 heteroatoms. The number of pyridine rings is 4. The SMILES string of the molecule is COC(=O)c1cccn([C@H]2CC2OC)c1=O.COC1C[C@@H]1N.COC1C[C@@H]1n1cccc(C(=O)O)c1=O.COC1C[C@@H]1n1cccc(N)c1=O.COC1C[C@@H]1n1cccc(NC(=O)OC(C)(C)C)c1=O.Cl.Cl.O=c1cccco1. The summed E-state index contributed by atoms with van der Waals surface area (Å²) in [6, 6.07) is 17.9. The lowest BCUT2D eigenvalue weighted by Crippen LogP contribution is -2.30. The summed E-state index contributed by atoms with van der Waals surface area (Å²) in [6.45, 7) is 5.30. The third kappa shape index (κ3) is 19.5. The third-order valence-electron chi connectivity index (χ3n) is 12.3. The van der Waals surface area contributed by atoms with E-state index in [4.69, 9.17) is 45.0 Å². The summed E-state index contributed by atoms with van der Waals surface area (Å²) in [5, 5.41) is 11.3. The fraction of sp³-hybridized carbons (Fsp3) is 0.472. The minimum atomic E-state index is -1.19. The van der Waals surface area contributed by atoms with E-state index >= 15 is 0 Å². The van der Waals surface area contributed by atoms with Gasteiger partial charge in [0.1, 0.15) is 22.4 Å². The van der Waals surface area contributed by atoms with Gasteiger partial charge in [0.15, 0.2) is 0 Å². The number of hydrogen-bond acceptors (Lipinski definition) is 18. The maximum Gasteiger partial charge on any atom is 0.412 e. The lowest BCUT2D eigenvalue weighted by molar-refractivity contribution is 0.0594. The van der Waals surface area contributed by atoms with Gasteiger partial charge in [-0.25, -0.2) is 19.2 Å². The topological polar surface area (TPSA) is 318 Å². The summed E-state index contributed by atoms with van der Waals surface area (Å²) in [7, 11) is 9.42. The highest BCUT2D eigenvalue weighted by atomic mass is 35.5. The average Bonchev–Trinajstić information content (AvgIpc) is 4.14. The molecule has 0 aliphatic heterocycles. The van der Waals surface area contributed by atoms with Crippen LogP contribution in [0.15, 0.2) is 126 Å². The lowest BCUT2D eigenvalue weighted by atomic mass is 10.2. The van der Waals surface area contributed by atoms with E-state index in [9.17, 15) is 38.4 Å². The molecule has 434 valence electrons. The van der Waals surface area contributed by atoms with Gasteiger partial charge in [0.05, 0.1) is 73.7 Å². The van der Waals surface area contributed by atoms with Gasteiger partial charge in [0.25, 0.3) is 22.2 Å². The lowest BCUT2D eigenvalue weighted by Gasteiger charge is -2.19. The van der Waals surface area contributed by atoms with Crippen LogP contribution in [-0.4, -0.2) is 126 Å². The first-order chi connectivity index (χ1) is 36.6. The second-order valence-electron chi connectivity index (χ2n) is 19.1. The number of amides is 1. The zero-order valence-corrected chi connectivity index (χ0v) is 46.9. The fourth-order valence-electron chi connectivity index (χ4n) is 7.65. The maximum atomic E-state index is 12.3. The molecule has 24 nitrogen and oxygen atoms in total. The van der Waals surface area contributed by atoms with Gasteiger partial charge in [-0.3, -0.25) is 24.5 Å². The molecule has 0 radical (unpaired) electrons. The van der Waals surface area contributed by atoms with Gasteiger partial charge in [-0.15, -0.1) is 24.8 Å². The van der Waals surface area contributed by atoms with Crippen molar-refractivity contribution in [3.05, 3.63) is 161 Å². The number of carbonyl (C=O) groups is 3. The number of anilines is 2. The quantitative estimate of drug-likeness (QED) is 0.121. The van der Waals surface area contributed by atoms with E-state index in [-0.39, 0.29) is 113 Å². The molecule has 1 amide bonds. The van der Waals surface area contributed by atoms with Crippen LogP contribution in [-0.2, 0) is 33.2 Å². The van der Waals surface area contributed by atoms with Crippen molar-refractivity contribution in [1.82, 2.24) is 18.3 Å². The Morgan fingerprint density at radius 3 is 1.32 bits per heavy atom. The molecule has 5 aromatic rings. The highest BCUT2D eigenvalue weighted by molar-refractivity contribution is 5.89. The number of aromatic nitrogens is 4. The van der Waals surface area contributed by atoms with Gasteiger partial charge < -0.3 is 72.4 Å². The predicted molar refractivity (Wildman–Crippen MR) is 296 cm³/mol. The highest BCUT2D eigenvalue weighted by Crippen LogP contribution is 2.39. The number of methoxy groups -OCH3 is 6. The number of halogens is 2. The minimum absolute atomic E-state index is 0. The van der Waals surface area contributed by atoms with Crippen LogP contribution in [0.25, 0.3) is 0 Å². The van der Waals surface area contributed by atoms with E-state index in [0.717, 1.165) is 32.1 Å². The summed E-state index contributed by atoms with van der Waals surface area (Å²) in [6.07, 6.45) is 12.5. The van der Waals surface area contributed by atoms with Crippen molar-refractivity contribution in [2.45, 2.75) is 119 Å². The van der Waals surface area contributed by atoms with Crippen LogP contribution in [0.4, 0.5) is 16.2 Å². The van der Waals surface area contributed by atoms with Gasteiger partial charge in [-0.2, -0.15) is 0 Å². The van der Waals surface area contributed by atoms with E-state index in [1.807, 2.05) is 0 Å². The standard InChI is InChI=1S/C14H20N2O4.C11H13NO4.C10H11NO4.C9H12N2O2.C5H4O2.C4H9NO.2ClH/c1-14(2,3)20-13(18)15-9-6-5-7-16(12(9)17)10-8-11(10)19-4;1-15-9-6-8(9)12-5-3-4-7(10(12)13)11(14)16-2;1-15-8-5-7(8)11-4-2-3-6(9(11)12)10(13)14;1-13-8-5-7(8)11-4-2-3-6(10)9(11)12;6-5-3-1-2-4-7-5;1-6-4-2-3(4)5;;/h5-7,10-11H,8H2,1-4H3,(H,15,18);3-5,8-9H,6H2,1-2H3;2-4,7-8H,5H2,1H3,(H,13,14);2-4,7-8H,5,10H2,1H3;1-4H;3-4H,2,5H2,1H3;2*1H/t10-,11?;8-,9?;2*7-,8?;;3-,4?;;/m0000.0../s1. The Morgan fingerprint density at radius 1 is 0.570 bits per heavy atom. The van der Waals surface area contributed by atoms with E-state index in [1.54, 1.807) is 139 Å². The van der Waals surface area contributed by atoms with Gasteiger partial charge in [0.2, 0.25) is 0 Å². The number of esters is 1. The molecule has 5 aromatic heterocycles. The van der Waals surface area contributed by atoms with Gasteiger partial charge in [-0.05, 0) is 107 Å². The Hall–Kier alpha value is -6.90. The molecule has 10 rings (SSSR count). The predicted octanol–water partition coefficient (Wildman–Crippen LogP) is 4.86. The summed E-state index contributed by atoms with van der Waals surface area (Å²) < 4.78 is 45.6. The largest absolute Gasteiger partial charge is 0.477 e. The number of carboxylic acids is 1. The molecule has 5 fully saturated rings. The van der Waals surface area contributed by atoms with Crippen molar-refractivity contribution in [3.63, 3.8) is 0 Å². The molecule has 5 unspecified atom stereocenters. The molecule has 0 bridgehead atoms. The van der Waals surface area contributed by atoms with Crippen LogP contribution < -0.4 is 44.6 Å². The van der Waals surface area contributed by atoms with Crippen molar-refractivity contribution >= 4 is 54.2 Å². The second kappa shape index (κ2) is 30.5. The molecule has 0 saturated heterocycles. The Morgan fingerprint density at radius 2 is 0.975 bits per heavy atom. The number of carboxylic acid groups (broad SMARTS) is 1. The van der Waals surface area contributed by atoms with Crippen LogP contribution in [0.2, 0.25) is 0 Å². The Kier molecular flexibility index (Phi) is 25.6. The van der Waals surface area contributed by atoms with Crippen LogP contribution in [0, 0.1) is 0 Å². The molecule has 5 heterocycles. The van der Waals surface area contributed by atoms with Crippen LogP contribution >= 0.6 is 24.8 Å². The number of ether oxygens (including phenoxy) is 7. The molecule has 0 aromatic carbocycles. The molecular formula is C53H71Cl2N7O17. The van der Waals surface area contributed by atoms with E-state index < -0.39 is 29.2 Å². The number of nitrogen functional groups attached to an aromatic ring is 1. The molecule has 6 N–H and O–H groups in total. The number of aromatic carboxylic acids is 1. The Bertz CT molecular complexity index is 3080. The third-order valence-corrected chi connectivity index (χ3v) is 12.3. The fourth-order valence-corrected chi connectivity index (χ4v) is 7.65. The maximum absolute atomic E-state index is 12.3. The van der Waals surface area contributed by atoms with Crippen molar-refractivity contribution in [2.24, 2.45) is 5.73 Å². The summed E-state index contributed by atoms with van der Waals surface area (Å²) in [5.41, 5.74) is 9.17. The van der Waals surface area contributed by atoms with E-state index in [1.165, 1.54) is 40.7 Å². The van der Waals surface area contributed by atoms with Gasteiger partial charge in [0, 0.05) is 72.4 Å². The van der Waals surface area contributed by atoms with E-state index in [2.05, 4.69) is 14.5 Å². The first-order valence-corrected chi connectivity index (χ1v) is 24.5. The minimum Gasteiger partial charge on any atom is -0.477 e. The number of nitrogens with one attached hydrogen (secondary N) is 1. The molecular weight excluding hydrogens is 1080 g/mol. The Labute approximate surface area is 467 Å². The molecule has 5 aliphatic carbocycles. The van der Waals surface area contributed by atoms with Crippen LogP contribution in [0.3, 0.4) is 0 Å². The zero-order chi connectivity index (χ0) is 56.7. The molecule has 10 atom stereocenters. The molecule has 79 heavy (non-hydrogen) atoms. The molecule has 5 saturated carbocycles. The zero-order valence-electron chi connectivity index (χ0n) is 45.3. The normalized spacial score (nSPS) is 22.9. The smallest absolute Gasteiger partial charge is 0.412 e. The monoisotopic (exact) mass is 1150 g/mol. The number of hydrogen-bond donors (Lipinski definition) is 4. The first-order valence-electron chi connectivity index (χ1n) is 24.5. The summed E-state index contributed by atoms with van der Waals surface area (Å²) >= 11 is 0. The summed E-state index contributed by atoms with van der Waals surface area (Å²) in [5.74, 6) is -1.79. The van der Waals surface area contributed by atoms with E-state index in [0.29, 0.717) is 17.8 Å². The second-order valence-corrected chi connectivity index (χ2v) is 19.1. The number of nitrogens with zero attached hydrogens (tertiary/aromatic N) is 4. The number of carbonyl (C=O) groups excluding carboxylic acids is 2. The average molecular weight is 1150 g/mol. The number of rotatable bonds is 12. The van der Waals surface area contributed by atoms with Crippen molar-refractivity contribution < 1.29 is 57.1 Å². The number of nitrogens with two attached hydrogens (primary N) is 2. The Balaban J connectivity index is 0.000000257. The summed E-state index contributed by atoms with van der Waals surface area (Å²) in [4.78, 5) is 91.2. The van der Waals surface area contributed by atoms with Gasteiger partial charge in [-0.1, -0.05) is 6.07 Å². The van der Waals surface area contributed by atoms with Crippen molar-refractivity contribution in [2.75, 3.05) is 53.7 Å².